The van der Waals surface area contributed by atoms with E-state index in [1.165, 1.54) is 18.1 Å². The maximum Gasteiger partial charge on any atom is 0.217 e. The molecule has 132 valence electrons. The molecule has 0 aliphatic carbocycles. The van der Waals surface area contributed by atoms with Crippen molar-refractivity contribution < 1.29 is 4.79 Å². The first-order valence-corrected chi connectivity index (χ1v) is 9.52. The minimum absolute atomic E-state index is 0.00938. The Hall–Kier alpha value is -1.48. The van der Waals surface area contributed by atoms with Crippen molar-refractivity contribution >= 4 is 17.7 Å². The van der Waals surface area contributed by atoms with Crippen molar-refractivity contribution in [2.75, 3.05) is 5.75 Å². The van der Waals surface area contributed by atoms with E-state index < -0.39 is 0 Å². The Morgan fingerprint density at radius 1 is 1.12 bits per heavy atom. The zero-order valence-electron chi connectivity index (χ0n) is 15.7. The van der Waals surface area contributed by atoms with Gasteiger partial charge in [-0.05, 0) is 35.3 Å². The highest BCUT2D eigenvalue weighted by Crippen LogP contribution is 2.32. The van der Waals surface area contributed by atoms with Crippen LogP contribution in [0.1, 0.15) is 51.7 Å². The average Bonchev–Trinajstić information content (AvgIpc) is 2.50. The molecule has 1 amide bonds. The summed E-state index contributed by atoms with van der Waals surface area (Å²) in [5, 5.41) is 2.94. The van der Waals surface area contributed by atoms with Crippen molar-refractivity contribution in [3.8, 4) is 0 Å². The molecule has 2 atom stereocenters. The van der Waals surface area contributed by atoms with E-state index in [1.54, 1.807) is 11.8 Å². The highest BCUT2D eigenvalue weighted by atomic mass is 32.2. The molecule has 0 aromatic heterocycles. The summed E-state index contributed by atoms with van der Waals surface area (Å²) in [7, 11) is 0. The number of nitrogens with one attached hydrogen (secondary N) is 1. The summed E-state index contributed by atoms with van der Waals surface area (Å²) in [6, 6.07) is 8.84. The van der Waals surface area contributed by atoms with Gasteiger partial charge in [0.2, 0.25) is 5.91 Å². The van der Waals surface area contributed by atoms with Crippen LogP contribution in [0.3, 0.4) is 0 Å². The van der Waals surface area contributed by atoms with Crippen molar-refractivity contribution in [3.05, 3.63) is 59.0 Å². The van der Waals surface area contributed by atoms with Crippen LogP contribution in [0.2, 0.25) is 0 Å². The summed E-state index contributed by atoms with van der Waals surface area (Å²) in [5.74, 6) is 1.70. The number of thioether (sulfide) groups is 1. The van der Waals surface area contributed by atoms with Crippen LogP contribution in [0.15, 0.2) is 47.9 Å². The van der Waals surface area contributed by atoms with Crippen molar-refractivity contribution in [1.29, 1.82) is 0 Å². The van der Waals surface area contributed by atoms with Gasteiger partial charge in [0.15, 0.2) is 0 Å². The summed E-state index contributed by atoms with van der Waals surface area (Å²) in [5.41, 5.74) is 3.63. The predicted molar refractivity (Wildman–Crippen MR) is 107 cm³/mol. The van der Waals surface area contributed by atoms with Crippen molar-refractivity contribution in [2.24, 2.45) is 5.92 Å². The molecule has 0 saturated carbocycles. The third-order valence-corrected chi connectivity index (χ3v) is 5.24. The van der Waals surface area contributed by atoms with E-state index in [1.807, 2.05) is 6.92 Å². The largest absolute Gasteiger partial charge is 0.349 e. The highest BCUT2D eigenvalue weighted by molar-refractivity contribution is 8.03. The van der Waals surface area contributed by atoms with E-state index in [0.717, 1.165) is 22.7 Å². The number of hydrogen-bond acceptors (Lipinski definition) is 2. The van der Waals surface area contributed by atoms with Crippen LogP contribution in [-0.2, 0) is 11.2 Å². The normalized spacial score (nSPS) is 13.4. The van der Waals surface area contributed by atoms with Crippen LogP contribution >= 0.6 is 11.8 Å². The first-order chi connectivity index (χ1) is 11.2. The zero-order valence-corrected chi connectivity index (χ0v) is 16.5. The summed E-state index contributed by atoms with van der Waals surface area (Å²) in [6.45, 7) is 18.3. The van der Waals surface area contributed by atoms with Crippen LogP contribution in [0.4, 0.5) is 0 Å². The number of rotatable bonds is 9. The van der Waals surface area contributed by atoms with Gasteiger partial charge < -0.3 is 5.32 Å². The minimum Gasteiger partial charge on any atom is -0.349 e. The lowest BCUT2D eigenvalue weighted by molar-refractivity contribution is -0.119. The van der Waals surface area contributed by atoms with Gasteiger partial charge in [-0.1, -0.05) is 63.8 Å². The fourth-order valence-corrected chi connectivity index (χ4v) is 3.60. The van der Waals surface area contributed by atoms with Gasteiger partial charge in [0.1, 0.15) is 0 Å². The molecule has 0 fully saturated rings. The molecular formula is C21H31NOS. The van der Waals surface area contributed by atoms with Gasteiger partial charge in [-0.15, -0.1) is 11.8 Å². The number of amides is 1. The quantitative estimate of drug-likeness (QED) is 0.614. The first kappa shape index (κ1) is 20.6. The zero-order chi connectivity index (χ0) is 18.3. The second-order valence-electron chi connectivity index (χ2n) is 6.94. The molecule has 0 spiro atoms. The lowest BCUT2D eigenvalue weighted by Gasteiger charge is -2.21. The van der Waals surface area contributed by atoms with Gasteiger partial charge in [0.05, 0.1) is 6.04 Å². The summed E-state index contributed by atoms with van der Waals surface area (Å²) in [6.07, 6.45) is 1.11. The molecule has 1 aromatic carbocycles. The molecule has 0 heterocycles. The van der Waals surface area contributed by atoms with Crippen LogP contribution in [0.25, 0.3) is 0 Å². The minimum atomic E-state index is -0.0250. The summed E-state index contributed by atoms with van der Waals surface area (Å²) >= 11 is 1.70. The third-order valence-electron chi connectivity index (χ3n) is 4.01. The molecule has 0 radical (unpaired) electrons. The smallest absolute Gasteiger partial charge is 0.217 e. The molecule has 0 saturated heterocycles. The van der Waals surface area contributed by atoms with Crippen LogP contribution < -0.4 is 5.32 Å². The first-order valence-electron chi connectivity index (χ1n) is 8.53. The van der Waals surface area contributed by atoms with E-state index >= 15 is 0 Å². The number of carbonyl (C=O) groups is 1. The average molecular weight is 346 g/mol. The molecular weight excluding hydrogens is 314 g/mol. The second-order valence-corrected chi connectivity index (χ2v) is 8.08. The molecule has 0 aliphatic rings. The predicted octanol–water partition coefficient (Wildman–Crippen LogP) is 5.32. The highest BCUT2D eigenvalue weighted by Gasteiger charge is 2.15. The monoisotopic (exact) mass is 345 g/mol. The van der Waals surface area contributed by atoms with E-state index in [9.17, 15) is 4.79 Å². The van der Waals surface area contributed by atoms with E-state index in [-0.39, 0.29) is 17.9 Å². The van der Waals surface area contributed by atoms with Crippen LogP contribution in [-0.4, -0.2) is 17.7 Å². The Bertz CT molecular complexity index is 574. The topological polar surface area (TPSA) is 29.1 Å². The molecule has 0 aliphatic heterocycles. The van der Waals surface area contributed by atoms with Gasteiger partial charge in [0.25, 0.3) is 0 Å². The van der Waals surface area contributed by atoms with Crippen molar-refractivity contribution in [1.82, 2.24) is 5.32 Å². The van der Waals surface area contributed by atoms with E-state index in [4.69, 9.17) is 0 Å². The Morgan fingerprint density at radius 3 is 2.17 bits per heavy atom. The Kier molecular flexibility index (Phi) is 8.34. The lowest BCUT2D eigenvalue weighted by Crippen LogP contribution is -2.35. The molecule has 2 nitrogen and oxygen atoms in total. The lowest BCUT2D eigenvalue weighted by atomic mass is 9.97. The number of carbonyl (C=O) groups excluding carboxylic acids is 1. The maximum atomic E-state index is 11.3. The molecule has 1 aromatic rings. The summed E-state index contributed by atoms with van der Waals surface area (Å²) in [4.78, 5) is 12.4. The molecule has 1 N–H and O–H groups in total. The van der Waals surface area contributed by atoms with E-state index in [2.05, 4.69) is 63.5 Å². The standard InChI is InChI=1S/C21H31NOS/c1-14(2)12-19-8-10-20(11-9-19)16(5)17(6)24-13-21(15(3)4)22-18(7)23/h8-11,14,16,21H,3,6,12-13H2,1-2,4-5,7H3,(H,22,23). The number of allylic oxidation sites excluding steroid dienone is 1. The van der Waals surface area contributed by atoms with E-state index in [0.29, 0.717) is 5.92 Å². The number of benzene rings is 1. The van der Waals surface area contributed by atoms with Crippen LogP contribution in [0.5, 0.6) is 0 Å². The van der Waals surface area contributed by atoms with Gasteiger partial charge >= 0.3 is 0 Å². The van der Waals surface area contributed by atoms with Crippen molar-refractivity contribution in [2.45, 2.75) is 53.0 Å². The number of hydrogen-bond donors (Lipinski definition) is 1. The van der Waals surface area contributed by atoms with Gasteiger partial charge in [-0.3, -0.25) is 4.79 Å². The molecule has 2 unspecified atom stereocenters. The fraction of sp³-hybridized carbons (Fsp3) is 0.476. The Morgan fingerprint density at radius 2 is 1.71 bits per heavy atom. The van der Waals surface area contributed by atoms with Gasteiger partial charge in [0, 0.05) is 18.6 Å². The molecule has 0 bridgehead atoms. The third kappa shape index (κ3) is 6.96. The molecule has 24 heavy (non-hydrogen) atoms. The van der Waals surface area contributed by atoms with Crippen LogP contribution in [0, 0.1) is 5.92 Å². The maximum absolute atomic E-state index is 11.3. The molecule has 1 rings (SSSR count). The van der Waals surface area contributed by atoms with Gasteiger partial charge in [-0.2, -0.15) is 0 Å². The Labute approximate surface area is 151 Å². The SMILES string of the molecule is C=C(C)C(CSC(=C)C(C)c1ccc(CC(C)C)cc1)NC(C)=O. The van der Waals surface area contributed by atoms with Crippen molar-refractivity contribution in [3.63, 3.8) is 0 Å². The summed E-state index contributed by atoms with van der Waals surface area (Å²) < 4.78 is 0. The Balaban J connectivity index is 2.63. The fourth-order valence-electron chi connectivity index (χ4n) is 2.47. The second kappa shape index (κ2) is 9.73. The molecule has 3 heteroatoms. The van der Waals surface area contributed by atoms with Gasteiger partial charge in [-0.25, -0.2) is 0 Å².